The average Bonchev–Trinajstić information content (AvgIpc) is 2.93. The van der Waals surface area contributed by atoms with Gasteiger partial charge in [-0.25, -0.2) is 0 Å². The Morgan fingerprint density at radius 1 is 1.27 bits per heavy atom. The van der Waals surface area contributed by atoms with Crippen molar-refractivity contribution in [2.45, 2.75) is 18.5 Å². The molecule has 4 rings (SSSR count). The third-order valence-electron chi connectivity index (χ3n) is 4.35. The number of rotatable bonds is 2. The zero-order valence-corrected chi connectivity index (χ0v) is 11.8. The van der Waals surface area contributed by atoms with Crippen molar-refractivity contribution in [3.05, 3.63) is 65.6 Å². The molecule has 5 nitrogen and oxygen atoms in total. The summed E-state index contributed by atoms with van der Waals surface area (Å²) in [6.45, 7) is 0. The molecule has 1 aromatic carbocycles. The van der Waals surface area contributed by atoms with E-state index in [9.17, 15) is 9.90 Å². The van der Waals surface area contributed by atoms with Crippen LogP contribution < -0.4 is 10.4 Å². The van der Waals surface area contributed by atoms with E-state index in [1.54, 1.807) is 12.4 Å². The zero-order valence-electron chi connectivity index (χ0n) is 11.8. The fraction of sp³-hybridized carbons (Fsp3) is 0.176. The highest BCUT2D eigenvalue weighted by Crippen LogP contribution is 2.31. The maximum atomic E-state index is 11.4. The molecule has 3 heterocycles. The molecule has 0 saturated heterocycles. The van der Waals surface area contributed by atoms with Crippen molar-refractivity contribution in [2.75, 3.05) is 0 Å². The molecule has 1 aliphatic rings. The van der Waals surface area contributed by atoms with Crippen LogP contribution in [0.1, 0.15) is 22.9 Å². The summed E-state index contributed by atoms with van der Waals surface area (Å²) in [7, 11) is 0. The van der Waals surface area contributed by atoms with Crippen molar-refractivity contribution in [3.8, 4) is 0 Å². The van der Waals surface area contributed by atoms with E-state index in [4.69, 9.17) is 0 Å². The summed E-state index contributed by atoms with van der Waals surface area (Å²) in [4.78, 5) is 19.0. The highest BCUT2D eigenvalue weighted by molar-refractivity contribution is 5.86. The minimum absolute atomic E-state index is 0.104. The SMILES string of the molecule is O=C([O-])[C@H]1Cc2c([nH]c3ccccc23)[C@H](c2cccnc2)[NH2+]1. The molecule has 22 heavy (non-hydrogen) atoms. The molecule has 2 aromatic heterocycles. The van der Waals surface area contributed by atoms with Crippen LogP contribution in [-0.2, 0) is 11.2 Å². The molecule has 0 bridgehead atoms. The Hall–Kier alpha value is -2.66. The summed E-state index contributed by atoms with van der Waals surface area (Å²) < 4.78 is 0. The molecule has 3 N–H and O–H groups in total. The van der Waals surface area contributed by atoms with Gasteiger partial charge in [-0.05, 0) is 23.8 Å². The van der Waals surface area contributed by atoms with Gasteiger partial charge in [-0.15, -0.1) is 0 Å². The lowest BCUT2D eigenvalue weighted by Gasteiger charge is -2.28. The maximum Gasteiger partial charge on any atom is 0.154 e. The van der Waals surface area contributed by atoms with E-state index in [0.29, 0.717) is 6.42 Å². The molecular formula is C17H15N3O2. The predicted molar refractivity (Wildman–Crippen MR) is 78.8 cm³/mol. The first-order valence-electron chi connectivity index (χ1n) is 7.29. The summed E-state index contributed by atoms with van der Waals surface area (Å²) in [5.41, 5.74) is 4.16. The van der Waals surface area contributed by atoms with Crippen LogP contribution in [0.2, 0.25) is 0 Å². The first-order chi connectivity index (χ1) is 10.7. The van der Waals surface area contributed by atoms with Crippen molar-refractivity contribution >= 4 is 16.9 Å². The van der Waals surface area contributed by atoms with Crippen LogP contribution in [0, 0.1) is 0 Å². The lowest BCUT2D eigenvalue weighted by atomic mass is 9.91. The quantitative estimate of drug-likeness (QED) is 0.691. The van der Waals surface area contributed by atoms with E-state index in [-0.39, 0.29) is 6.04 Å². The molecule has 2 atom stereocenters. The van der Waals surface area contributed by atoms with Crippen molar-refractivity contribution in [1.82, 2.24) is 9.97 Å². The number of nitrogens with one attached hydrogen (secondary N) is 1. The molecule has 0 unspecified atom stereocenters. The third-order valence-corrected chi connectivity index (χ3v) is 4.35. The highest BCUT2D eigenvalue weighted by Gasteiger charge is 2.34. The van der Waals surface area contributed by atoms with Gasteiger partial charge in [0.2, 0.25) is 0 Å². The Morgan fingerprint density at radius 3 is 2.91 bits per heavy atom. The van der Waals surface area contributed by atoms with Crippen molar-refractivity contribution < 1.29 is 15.2 Å². The van der Waals surface area contributed by atoms with Gasteiger partial charge < -0.3 is 20.2 Å². The number of nitrogens with zero attached hydrogens (tertiary/aromatic N) is 1. The van der Waals surface area contributed by atoms with E-state index in [2.05, 4.69) is 9.97 Å². The first kappa shape index (κ1) is 13.0. The largest absolute Gasteiger partial charge is 0.544 e. The van der Waals surface area contributed by atoms with Crippen LogP contribution in [-0.4, -0.2) is 22.0 Å². The predicted octanol–water partition coefficient (Wildman–Crippen LogP) is -0.110. The number of carbonyl (C=O) groups excluding carboxylic acids is 1. The Balaban J connectivity index is 1.91. The number of carboxylic acids is 1. The number of benzene rings is 1. The van der Waals surface area contributed by atoms with Gasteiger partial charge in [0.1, 0.15) is 6.04 Å². The second-order valence-electron chi connectivity index (χ2n) is 5.65. The minimum atomic E-state index is -1.02. The fourth-order valence-corrected chi connectivity index (χ4v) is 3.32. The molecule has 110 valence electrons. The lowest BCUT2D eigenvalue weighted by molar-refractivity contribution is -0.717. The van der Waals surface area contributed by atoms with E-state index >= 15 is 0 Å². The second-order valence-corrected chi connectivity index (χ2v) is 5.65. The second kappa shape index (κ2) is 4.96. The highest BCUT2D eigenvalue weighted by atomic mass is 16.4. The molecular weight excluding hydrogens is 278 g/mol. The minimum Gasteiger partial charge on any atom is -0.544 e. The van der Waals surface area contributed by atoms with E-state index in [1.165, 1.54) is 0 Å². The Morgan fingerprint density at radius 2 is 2.14 bits per heavy atom. The Kier molecular flexibility index (Phi) is 2.94. The van der Waals surface area contributed by atoms with Crippen molar-refractivity contribution in [1.29, 1.82) is 0 Å². The van der Waals surface area contributed by atoms with Gasteiger partial charge >= 0.3 is 0 Å². The summed E-state index contributed by atoms with van der Waals surface area (Å²) >= 11 is 0. The number of H-pyrrole nitrogens is 1. The number of aromatic amines is 1. The van der Waals surface area contributed by atoms with Gasteiger partial charge in [0.15, 0.2) is 6.04 Å². The van der Waals surface area contributed by atoms with E-state index in [1.807, 2.05) is 41.7 Å². The monoisotopic (exact) mass is 293 g/mol. The number of pyridine rings is 1. The molecule has 0 amide bonds. The van der Waals surface area contributed by atoms with Crippen LogP contribution in [0.4, 0.5) is 0 Å². The first-order valence-corrected chi connectivity index (χ1v) is 7.29. The number of hydrogen-bond donors (Lipinski definition) is 2. The average molecular weight is 293 g/mol. The number of hydrogen-bond acceptors (Lipinski definition) is 3. The van der Waals surface area contributed by atoms with Crippen molar-refractivity contribution in [2.24, 2.45) is 0 Å². The van der Waals surface area contributed by atoms with Gasteiger partial charge in [-0.2, -0.15) is 0 Å². The van der Waals surface area contributed by atoms with Gasteiger partial charge in [-0.1, -0.05) is 18.2 Å². The number of nitrogens with two attached hydrogens (primary N) is 1. The Labute approximate surface area is 127 Å². The number of fused-ring (bicyclic) bond motifs is 3. The molecule has 0 fully saturated rings. The normalized spacial score (nSPS) is 20.7. The fourth-order valence-electron chi connectivity index (χ4n) is 3.32. The number of carboxylic acid groups (broad SMARTS) is 1. The van der Waals surface area contributed by atoms with Crippen LogP contribution in [0.3, 0.4) is 0 Å². The number of carbonyl (C=O) groups is 1. The summed E-state index contributed by atoms with van der Waals surface area (Å²) in [6, 6.07) is 11.1. The number of aromatic nitrogens is 2. The van der Waals surface area contributed by atoms with Gasteiger partial charge in [0, 0.05) is 35.3 Å². The van der Waals surface area contributed by atoms with E-state index in [0.717, 1.165) is 27.7 Å². The molecule has 3 aromatic rings. The smallest absolute Gasteiger partial charge is 0.154 e. The molecule has 0 spiro atoms. The van der Waals surface area contributed by atoms with Gasteiger partial charge in [0.05, 0.1) is 11.7 Å². The Bertz CT molecular complexity index is 841. The summed E-state index contributed by atoms with van der Waals surface area (Å²) in [5, 5.41) is 14.4. The lowest BCUT2D eigenvalue weighted by Crippen LogP contribution is -2.95. The van der Waals surface area contributed by atoms with Crippen LogP contribution in [0.25, 0.3) is 10.9 Å². The molecule has 1 aliphatic heterocycles. The van der Waals surface area contributed by atoms with Crippen LogP contribution in [0.5, 0.6) is 0 Å². The number of para-hydroxylation sites is 1. The van der Waals surface area contributed by atoms with Crippen LogP contribution >= 0.6 is 0 Å². The molecule has 0 radical (unpaired) electrons. The summed E-state index contributed by atoms with van der Waals surface area (Å²) in [6.07, 6.45) is 3.97. The van der Waals surface area contributed by atoms with Gasteiger partial charge in [-0.3, -0.25) is 4.98 Å². The van der Waals surface area contributed by atoms with Gasteiger partial charge in [0.25, 0.3) is 0 Å². The zero-order chi connectivity index (χ0) is 15.1. The van der Waals surface area contributed by atoms with Crippen molar-refractivity contribution in [3.63, 3.8) is 0 Å². The van der Waals surface area contributed by atoms with Crippen LogP contribution in [0.15, 0.2) is 48.8 Å². The summed E-state index contributed by atoms with van der Waals surface area (Å²) in [5.74, 6) is -1.02. The molecule has 5 heteroatoms. The topological polar surface area (TPSA) is 85.4 Å². The number of quaternary nitrogens is 1. The molecule has 0 aliphatic carbocycles. The maximum absolute atomic E-state index is 11.4. The standard InChI is InChI=1S/C17H15N3O2/c21-17(22)14-8-12-11-5-1-2-6-13(11)19-16(12)15(20-14)10-4-3-7-18-9-10/h1-7,9,14-15,19-20H,8H2,(H,21,22)/t14-,15+/m1/s1. The molecule has 0 saturated carbocycles. The van der Waals surface area contributed by atoms with E-state index < -0.39 is 12.0 Å². The third kappa shape index (κ3) is 1.98. The number of aliphatic carboxylic acids is 1.